The second-order valence-electron chi connectivity index (χ2n) is 4.05. The number of benzene rings is 1. The summed E-state index contributed by atoms with van der Waals surface area (Å²) in [7, 11) is 0. The maximum Gasteiger partial charge on any atom is 0.0641 e. The van der Waals surface area contributed by atoms with Crippen molar-refractivity contribution in [2.24, 2.45) is 0 Å². The van der Waals surface area contributed by atoms with Crippen molar-refractivity contribution in [1.82, 2.24) is 5.32 Å². The van der Waals surface area contributed by atoms with Gasteiger partial charge in [0.2, 0.25) is 0 Å². The van der Waals surface area contributed by atoms with E-state index in [4.69, 9.17) is 0 Å². The van der Waals surface area contributed by atoms with Crippen LogP contribution in [0, 0.1) is 0 Å². The third-order valence-corrected chi connectivity index (χ3v) is 3.24. The molecule has 0 spiro atoms. The molecule has 1 heterocycles. The number of fused-ring (bicyclic) bond motifs is 3. The van der Waals surface area contributed by atoms with Gasteiger partial charge in [-0.05, 0) is 48.8 Å². The second-order valence-corrected chi connectivity index (χ2v) is 4.05. The fourth-order valence-corrected chi connectivity index (χ4v) is 2.54. The third-order valence-electron chi connectivity index (χ3n) is 3.24. The minimum absolute atomic E-state index is 1.02. The van der Waals surface area contributed by atoms with E-state index in [1.54, 1.807) is 11.1 Å². The summed E-state index contributed by atoms with van der Waals surface area (Å²) in [4.78, 5) is 0. The van der Waals surface area contributed by atoms with Crippen LogP contribution in [0.3, 0.4) is 0 Å². The number of nitrogens with zero attached hydrogens (tertiary/aromatic N) is 1. The van der Waals surface area contributed by atoms with Gasteiger partial charge in [0.05, 0.1) is 5.69 Å². The van der Waals surface area contributed by atoms with Gasteiger partial charge in [0.25, 0.3) is 0 Å². The van der Waals surface area contributed by atoms with E-state index < -0.39 is 0 Å². The van der Waals surface area contributed by atoms with Gasteiger partial charge in [0.15, 0.2) is 0 Å². The summed E-state index contributed by atoms with van der Waals surface area (Å²) in [5, 5.41) is 4.61. The Balaban J connectivity index is 2.17. The molecule has 2 aliphatic rings. The molecule has 1 aliphatic heterocycles. The molecule has 0 amide bonds. The van der Waals surface area contributed by atoms with E-state index in [-0.39, 0.29) is 0 Å². The predicted octanol–water partition coefficient (Wildman–Crippen LogP) is 2.36. The van der Waals surface area contributed by atoms with Crippen molar-refractivity contribution in [1.29, 1.82) is 0 Å². The number of hydrogen-bond acceptors (Lipinski definition) is 0. The standard InChI is InChI=1S/C12H14N/c1-2-4-11-9(3-1)5-6-10-7-8-13-12(10)11/h5-6H,1-4,7-8H2. The van der Waals surface area contributed by atoms with Crippen LogP contribution in [0.25, 0.3) is 0 Å². The highest BCUT2D eigenvalue weighted by Crippen LogP contribution is 2.33. The van der Waals surface area contributed by atoms with Gasteiger partial charge in [-0.2, -0.15) is 0 Å². The zero-order valence-corrected chi connectivity index (χ0v) is 7.84. The van der Waals surface area contributed by atoms with Crippen LogP contribution >= 0.6 is 0 Å². The van der Waals surface area contributed by atoms with Crippen molar-refractivity contribution in [3.8, 4) is 0 Å². The fourth-order valence-electron chi connectivity index (χ4n) is 2.54. The molecule has 1 aromatic rings. The first kappa shape index (κ1) is 7.43. The van der Waals surface area contributed by atoms with Gasteiger partial charge in [-0.3, -0.25) is 5.32 Å². The van der Waals surface area contributed by atoms with Crippen LogP contribution < -0.4 is 5.32 Å². The van der Waals surface area contributed by atoms with Gasteiger partial charge >= 0.3 is 0 Å². The third kappa shape index (κ3) is 1.06. The first-order chi connectivity index (χ1) is 6.45. The summed E-state index contributed by atoms with van der Waals surface area (Å²) in [6.45, 7) is 1.02. The maximum absolute atomic E-state index is 4.61. The Morgan fingerprint density at radius 3 is 2.77 bits per heavy atom. The summed E-state index contributed by atoms with van der Waals surface area (Å²) in [5.74, 6) is 0. The first-order valence-corrected chi connectivity index (χ1v) is 5.26. The molecule has 0 saturated carbocycles. The van der Waals surface area contributed by atoms with Crippen LogP contribution in [0.15, 0.2) is 12.1 Å². The molecule has 0 N–H and O–H groups in total. The van der Waals surface area contributed by atoms with Crippen molar-refractivity contribution in [3.63, 3.8) is 0 Å². The van der Waals surface area contributed by atoms with E-state index in [9.17, 15) is 0 Å². The largest absolute Gasteiger partial charge is 0.284 e. The highest BCUT2D eigenvalue weighted by atomic mass is 14.9. The monoisotopic (exact) mass is 172 g/mol. The average Bonchev–Trinajstić information content (AvgIpc) is 2.65. The Kier molecular flexibility index (Phi) is 1.58. The molecule has 1 aromatic carbocycles. The zero-order valence-electron chi connectivity index (χ0n) is 7.84. The van der Waals surface area contributed by atoms with Crippen LogP contribution in [-0.2, 0) is 19.3 Å². The normalized spacial score (nSPS) is 19.1. The van der Waals surface area contributed by atoms with Crippen LogP contribution in [0.5, 0.6) is 0 Å². The van der Waals surface area contributed by atoms with Crippen LogP contribution in [0.1, 0.15) is 29.5 Å². The topological polar surface area (TPSA) is 14.1 Å². The molecule has 67 valence electrons. The average molecular weight is 172 g/mol. The maximum atomic E-state index is 4.61. The molecule has 0 saturated heterocycles. The Labute approximate surface area is 79.2 Å². The minimum Gasteiger partial charge on any atom is -0.284 e. The van der Waals surface area contributed by atoms with Crippen molar-refractivity contribution >= 4 is 5.69 Å². The number of hydrogen-bond donors (Lipinski definition) is 0. The highest BCUT2D eigenvalue weighted by Gasteiger charge is 2.20. The highest BCUT2D eigenvalue weighted by molar-refractivity contribution is 5.58. The van der Waals surface area contributed by atoms with Crippen molar-refractivity contribution in [2.45, 2.75) is 32.1 Å². The van der Waals surface area contributed by atoms with E-state index in [1.165, 1.54) is 43.4 Å². The van der Waals surface area contributed by atoms with Crippen LogP contribution in [-0.4, -0.2) is 6.54 Å². The van der Waals surface area contributed by atoms with Gasteiger partial charge in [-0.25, -0.2) is 0 Å². The van der Waals surface area contributed by atoms with E-state index >= 15 is 0 Å². The van der Waals surface area contributed by atoms with Gasteiger partial charge in [-0.15, -0.1) is 0 Å². The molecule has 0 aromatic heterocycles. The Morgan fingerprint density at radius 1 is 0.923 bits per heavy atom. The molecule has 1 heteroatoms. The molecule has 3 rings (SSSR count). The molecule has 0 fully saturated rings. The van der Waals surface area contributed by atoms with Crippen molar-refractivity contribution < 1.29 is 0 Å². The fraction of sp³-hybridized carbons (Fsp3) is 0.500. The SMILES string of the molecule is c1cc2c(c3c1CCCC3)[N]CC2. The molecule has 1 nitrogen and oxygen atoms in total. The molecule has 1 radical (unpaired) electrons. The van der Waals surface area contributed by atoms with E-state index in [2.05, 4.69) is 17.4 Å². The summed E-state index contributed by atoms with van der Waals surface area (Å²) in [6, 6.07) is 4.62. The molecular formula is C12H14N. The van der Waals surface area contributed by atoms with E-state index in [0.717, 1.165) is 6.54 Å². The van der Waals surface area contributed by atoms with E-state index in [1.807, 2.05) is 0 Å². The lowest BCUT2D eigenvalue weighted by Gasteiger charge is -2.18. The van der Waals surface area contributed by atoms with Gasteiger partial charge < -0.3 is 0 Å². The van der Waals surface area contributed by atoms with Crippen LogP contribution in [0.2, 0.25) is 0 Å². The predicted molar refractivity (Wildman–Crippen MR) is 53.4 cm³/mol. The first-order valence-electron chi connectivity index (χ1n) is 5.26. The molecule has 0 unspecified atom stereocenters. The number of aryl methyl sites for hydroxylation is 1. The van der Waals surface area contributed by atoms with Crippen molar-refractivity contribution in [2.75, 3.05) is 6.54 Å². The quantitative estimate of drug-likeness (QED) is 0.570. The van der Waals surface area contributed by atoms with Crippen LogP contribution in [0.4, 0.5) is 5.69 Å². The lowest BCUT2D eigenvalue weighted by molar-refractivity contribution is 0.683. The summed E-state index contributed by atoms with van der Waals surface area (Å²) in [6.07, 6.45) is 6.44. The minimum atomic E-state index is 1.02. The van der Waals surface area contributed by atoms with Gasteiger partial charge in [0, 0.05) is 6.54 Å². The smallest absolute Gasteiger partial charge is 0.0641 e. The van der Waals surface area contributed by atoms with Gasteiger partial charge in [0.1, 0.15) is 0 Å². The molecule has 0 bridgehead atoms. The number of rotatable bonds is 0. The molecule has 0 atom stereocenters. The Morgan fingerprint density at radius 2 is 1.77 bits per heavy atom. The summed E-state index contributed by atoms with van der Waals surface area (Å²) >= 11 is 0. The summed E-state index contributed by atoms with van der Waals surface area (Å²) < 4.78 is 0. The molecular weight excluding hydrogens is 158 g/mol. The Bertz CT molecular complexity index is 341. The molecule has 1 aliphatic carbocycles. The van der Waals surface area contributed by atoms with E-state index in [0.29, 0.717) is 0 Å². The molecule has 13 heavy (non-hydrogen) atoms. The zero-order chi connectivity index (χ0) is 8.67. The lowest BCUT2D eigenvalue weighted by Crippen LogP contribution is -2.05. The summed E-state index contributed by atoms with van der Waals surface area (Å²) in [5.41, 5.74) is 5.98. The van der Waals surface area contributed by atoms with Gasteiger partial charge in [-0.1, -0.05) is 12.1 Å². The van der Waals surface area contributed by atoms with Crippen molar-refractivity contribution in [3.05, 3.63) is 28.8 Å². The lowest BCUT2D eigenvalue weighted by atomic mass is 9.89. The second kappa shape index (κ2) is 2.76. The Hall–Kier alpha value is -0.980.